The van der Waals surface area contributed by atoms with Crippen LogP contribution in [-0.2, 0) is 4.79 Å². The van der Waals surface area contributed by atoms with Crippen LogP contribution in [0.4, 0.5) is 14.6 Å². The fourth-order valence-electron chi connectivity index (χ4n) is 2.94. The van der Waals surface area contributed by atoms with Crippen molar-refractivity contribution >= 4 is 22.5 Å². The van der Waals surface area contributed by atoms with E-state index < -0.39 is 12.1 Å². The van der Waals surface area contributed by atoms with Gasteiger partial charge in [-0.05, 0) is 59.7 Å². The van der Waals surface area contributed by atoms with E-state index in [0.717, 1.165) is 27.5 Å². The highest BCUT2D eigenvalue weighted by Gasteiger charge is 2.43. The van der Waals surface area contributed by atoms with Crippen molar-refractivity contribution in [1.29, 1.82) is 0 Å². The molecule has 126 valence electrons. The summed E-state index contributed by atoms with van der Waals surface area (Å²) in [7, 11) is 0. The molecule has 0 spiro atoms. The number of benzene rings is 2. The average molecular weight is 338 g/mol. The molecule has 3 aromatic rings. The highest BCUT2D eigenvalue weighted by molar-refractivity contribution is 5.96. The van der Waals surface area contributed by atoms with E-state index in [1.807, 2.05) is 25.1 Å². The molecule has 4 rings (SSSR count). The van der Waals surface area contributed by atoms with Crippen molar-refractivity contribution in [3.8, 4) is 11.1 Å². The first-order valence-corrected chi connectivity index (χ1v) is 8.12. The summed E-state index contributed by atoms with van der Waals surface area (Å²) in [6, 6.07) is 12.2. The van der Waals surface area contributed by atoms with Gasteiger partial charge in [-0.1, -0.05) is 18.2 Å². The first kappa shape index (κ1) is 15.7. The summed E-state index contributed by atoms with van der Waals surface area (Å²) in [4.78, 5) is 16.0. The Kier molecular flexibility index (Phi) is 3.71. The quantitative estimate of drug-likeness (QED) is 0.755. The van der Waals surface area contributed by atoms with E-state index in [2.05, 4.69) is 10.3 Å². The number of pyridine rings is 1. The number of carbonyl (C=O) groups is 1. The number of hydrogen-bond donors (Lipinski definition) is 1. The van der Waals surface area contributed by atoms with Crippen LogP contribution in [0.2, 0.25) is 0 Å². The van der Waals surface area contributed by atoms with Gasteiger partial charge in [0, 0.05) is 11.6 Å². The number of alkyl halides is 1. The van der Waals surface area contributed by atoms with Gasteiger partial charge in [0.1, 0.15) is 17.8 Å². The average Bonchev–Trinajstić information content (AvgIpc) is 3.33. The van der Waals surface area contributed by atoms with Gasteiger partial charge in [0.05, 0.1) is 5.92 Å². The van der Waals surface area contributed by atoms with E-state index in [0.29, 0.717) is 5.82 Å². The third-order valence-corrected chi connectivity index (χ3v) is 4.53. The molecule has 25 heavy (non-hydrogen) atoms. The minimum Gasteiger partial charge on any atom is -0.310 e. The molecule has 0 bridgehead atoms. The highest BCUT2D eigenvalue weighted by Crippen LogP contribution is 2.35. The molecular weight excluding hydrogens is 322 g/mol. The smallest absolute Gasteiger partial charge is 0.231 e. The second-order valence-electron chi connectivity index (χ2n) is 6.44. The molecule has 1 aliphatic carbocycles. The minimum absolute atomic E-state index is 0.275. The summed E-state index contributed by atoms with van der Waals surface area (Å²) in [6.45, 7) is 1.94. The summed E-state index contributed by atoms with van der Waals surface area (Å²) in [5, 5.41) is 4.43. The normalized spacial score (nSPS) is 19.0. The molecule has 1 amide bonds. The lowest BCUT2D eigenvalue weighted by atomic mass is 9.98. The number of halogens is 2. The third-order valence-electron chi connectivity index (χ3n) is 4.53. The standard InChI is InChI=1S/C20H16F2N2O/c1-11-2-5-15(21)8-16(11)13-4-3-12-7-19(23-10-14(12)6-13)24-20(25)17-9-18(17)22/h2-8,10,17-18H,9H2,1H3,(H,23,24,25)/t17-,18+/m1/s1. The number of anilines is 1. The number of nitrogens with one attached hydrogen (secondary N) is 1. The van der Waals surface area contributed by atoms with Crippen molar-refractivity contribution in [3.63, 3.8) is 0 Å². The lowest BCUT2D eigenvalue weighted by Gasteiger charge is -2.09. The Balaban J connectivity index is 1.64. The molecule has 1 fully saturated rings. The van der Waals surface area contributed by atoms with Gasteiger partial charge in [-0.3, -0.25) is 4.79 Å². The summed E-state index contributed by atoms with van der Waals surface area (Å²) >= 11 is 0. The lowest BCUT2D eigenvalue weighted by Crippen LogP contribution is -2.15. The fourth-order valence-corrected chi connectivity index (χ4v) is 2.94. The van der Waals surface area contributed by atoms with Crippen LogP contribution in [-0.4, -0.2) is 17.1 Å². The van der Waals surface area contributed by atoms with Gasteiger partial charge in [0.25, 0.3) is 0 Å². The number of fused-ring (bicyclic) bond motifs is 1. The van der Waals surface area contributed by atoms with Gasteiger partial charge in [-0.25, -0.2) is 13.8 Å². The van der Waals surface area contributed by atoms with Crippen molar-refractivity contribution in [2.45, 2.75) is 19.5 Å². The Bertz CT molecular complexity index is 987. The predicted molar refractivity (Wildman–Crippen MR) is 93.5 cm³/mol. The number of nitrogens with zero attached hydrogens (tertiary/aromatic N) is 1. The maximum atomic E-state index is 13.5. The molecular formula is C20H16F2N2O. The van der Waals surface area contributed by atoms with Gasteiger partial charge in [-0.15, -0.1) is 0 Å². The maximum absolute atomic E-state index is 13.5. The van der Waals surface area contributed by atoms with Crippen molar-refractivity contribution in [1.82, 2.24) is 4.98 Å². The van der Waals surface area contributed by atoms with E-state index in [4.69, 9.17) is 0 Å². The number of rotatable bonds is 3. The zero-order valence-corrected chi connectivity index (χ0v) is 13.6. The van der Waals surface area contributed by atoms with Crippen LogP contribution in [0.3, 0.4) is 0 Å². The van der Waals surface area contributed by atoms with E-state index in [1.165, 1.54) is 12.1 Å². The number of aromatic nitrogens is 1. The third kappa shape index (κ3) is 3.09. The van der Waals surface area contributed by atoms with Crippen LogP contribution >= 0.6 is 0 Å². The topological polar surface area (TPSA) is 42.0 Å². The zero-order chi connectivity index (χ0) is 17.6. The van der Waals surface area contributed by atoms with E-state index in [-0.39, 0.29) is 18.1 Å². The summed E-state index contributed by atoms with van der Waals surface area (Å²) < 4.78 is 26.5. The lowest BCUT2D eigenvalue weighted by molar-refractivity contribution is -0.117. The Morgan fingerprint density at radius 2 is 1.96 bits per heavy atom. The van der Waals surface area contributed by atoms with Gasteiger partial charge in [-0.2, -0.15) is 0 Å². The van der Waals surface area contributed by atoms with Crippen LogP contribution in [0.1, 0.15) is 12.0 Å². The SMILES string of the molecule is Cc1ccc(F)cc1-c1ccc2cc(NC(=O)[C@@H]3C[C@@H]3F)ncc2c1. The fraction of sp³-hybridized carbons (Fsp3) is 0.200. The molecule has 5 heteroatoms. The Morgan fingerprint density at radius 3 is 2.72 bits per heavy atom. The van der Waals surface area contributed by atoms with E-state index >= 15 is 0 Å². The molecule has 2 aromatic carbocycles. The van der Waals surface area contributed by atoms with Crippen LogP contribution in [0, 0.1) is 18.7 Å². The van der Waals surface area contributed by atoms with Crippen molar-refractivity contribution in [2.75, 3.05) is 5.32 Å². The number of aryl methyl sites for hydroxylation is 1. The van der Waals surface area contributed by atoms with Crippen LogP contribution in [0.15, 0.2) is 48.7 Å². The molecule has 2 atom stereocenters. The Morgan fingerprint density at radius 1 is 1.16 bits per heavy atom. The summed E-state index contributed by atoms with van der Waals surface area (Å²) in [5.74, 6) is -0.739. The first-order valence-electron chi connectivity index (χ1n) is 8.12. The molecule has 1 aromatic heterocycles. The molecule has 1 N–H and O–H groups in total. The summed E-state index contributed by atoms with van der Waals surface area (Å²) in [5.41, 5.74) is 2.73. The first-order chi connectivity index (χ1) is 12.0. The molecule has 0 saturated heterocycles. The molecule has 1 saturated carbocycles. The van der Waals surface area contributed by atoms with Gasteiger partial charge < -0.3 is 5.32 Å². The number of hydrogen-bond acceptors (Lipinski definition) is 2. The van der Waals surface area contributed by atoms with Crippen molar-refractivity contribution < 1.29 is 13.6 Å². The van der Waals surface area contributed by atoms with Crippen LogP contribution in [0.25, 0.3) is 21.9 Å². The summed E-state index contributed by atoms with van der Waals surface area (Å²) in [6.07, 6.45) is 0.913. The van der Waals surface area contributed by atoms with Crippen molar-refractivity contribution in [3.05, 3.63) is 60.0 Å². The number of carbonyl (C=O) groups excluding carboxylic acids is 1. The predicted octanol–water partition coefficient (Wildman–Crippen LogP) is 4.65. The minimum atomic E-state index is -1.03. The molecule has 3 nitrogen and oxygen atoms in total. The number of amides is 1. The zero-order valence-electron chi connectivity index (χ0n) is 13.6. The monoisotopic (exact) mass is 338 g/mol. The Labute approximate surface area is 143 Å². The van der Waals surface area contributed by atoms with Gasteiger partial charge in [0.15, 0.2) is 0 Å². The Hall–Kier alpha value is -2.82. The van der Waals surface area contributed by atoms with E-state index in [9.17, 15) is 13.6 Å². The maximum Gasteiger partial charge on any atom is 0.231 e. The molecule has 0 unspecified atom stereocenters. The van der Waals surface area contributed by atoms with Gasteiger partial charge in [0.2, 0.25) is 5.91 Å². The van der Waals surface area contributed by atoms with Crippen molar-refractivity contribution in [2.24, 2.45) is 5.92 Å². The second kappa shape index (κ2) is 5.92. The molecule has 0 aliphatic heterocycles. The largest absolute Gasteiger partial charge is 0.310 e. The van der Waals surface area contributed by atoms with E-state index in [1.54, 1.807) is 18.3 Å². The van der Waals surface area contributed by atoms with Gasteiger partial charge >= 0.3 is 0 Å². The second-order valence-corrected chi connectivity index (χ2v) is 6.44. The van der Waals surface area contributed by atoms with Crippen LogP contribution in [0.5, 0.6) is 0 Å². The molecule has 1 heterocycles. The highest BCUT2D eigenvalue weighted by atomic mass is 19.1. The van der Waals surface area contributed by atoms with Crippen LogP contribution < -0.4 is 5.32 Å². The molecule has 0 radical (unpaired) electrons. The molecule has 1 aliphatic rings.